The lowest BCUT2D eigenvalue weighted by Gasteiger charge is -2.17. The molecule has 0 heterocycles. The van der Waals surface area contributed by atoms with Gasteiger partial charge in [0.1, 0.15) is 5.75 Å². The summed E-state index contributed by atoms with van der Waals surface area (Å²) in [5.41, 5.74) is 4.06. The van der Waals surface area contributed by atoms with E-state index in [0.717, 1.165) is 28.9 Å². The average Bonchev–Trinajstić information content (AvgIpc) is 2.54. The van der Waals surface area contributed by atoms with E-state index in [9.17, 15) is 9.90 Å². The van der Waals surface area contributed by atoms with E-state index in [1.54, 1.807) is 0 Å². The van der Waals surface area contributed by atoms with Gasteiger partial charge in [-0.1, -0.05) is 43.3 Å². The van der Waals surface area contributed by atoms with Crippen LogP contribution < -0.4 is 4.74 Å². The van der Waals surface area contributed by atoms with Gasteiger partial charge in [0.25, 0.3) is 0 Å². The molecule has 2 aromatic rings. The lowest BCUT2D eigenvalue weighted by Crippen LogP contribution is -2.15. The molecule has 0 aromatic heterocycles. The van der Waals surface area contributed by atoms with Crippen molar-refractivity contribution in [2.75, 3.05) is 6.61 Å². The Morgan fingerprint density at radius 2 is 1.87 bits per heavy atom. The first-order valence-corrected chi connectivity index (χ1v) is 8.03. The average molecular weight is 312 g/mol. The SMILES string of the molecule is CCCOc1ccccc1CC(C(=O)O)c1ccc(C)c(C)c1. The minimum Gasteiger partial charge on any atom is -0.493 e. The van der Waals surface area contributed by atoms with E-state index in [1.807, 2.05) is 56.3 Å². The number of hydrogen-bond acceptors (Lipinski definition) is 2. The van der Waals surface area contributed by atoms with E-state index in [0.29, 0.717) is 13.0 Å². The first-order valence-electron chi connectivity index (χ1n) is 8.03. The smallest absolute Gasteiger partial charge is 0.311 e. The number of rotatable bonds is 7. The summed E-state index contributed by atoms with van der Waals surface area (Å²) in [6.07, 6.45) is 1.35. The van der Waals surface area contributed by atoms with E-state index < -0.39 is 11.9 Å². The largest absolute Gasteiger partial charge is 0.493 e. The number of carboxylic acids is 1. The van der Waals surface area contributed by atoms with Crippen LogP contribution in [0, 0.1) is 13.8 Å². The zero-order valence-corrected chi connectivity index (χ0v) is 14.0. The third-order valence-electron chi connectivity index (χ3n) is 4.09. The number of carbonyl (C=O) groups is 1. The number of aliphatic carboxylic acids is 1. The minimum atomic E-state index is -0.807. The maximum absolute atomic E-state index is 11.8. The van der Waals surface area contributed by atoms with Crippen molar-refractivity contribution in [2.24, 2.45) is 0 Å². The minimum absolute atomic E-state index is 0.428. The molecule has 0 spiro atoms. The van der Waals surface area contributed by atoms with Crippen molar-refractivity contribution in [1.82, 2.24) is 0 Å². The number of carboxylic acid groups (broad SMARTS) is 1. The van der Waals surface area contributed by atoms with E-state index in [4.69, 9.17) is 4.74 Å². The molecule has 0 amide bonds. The topological polar surface area (TPSA) is 46.5 Å². The highest BCUT2D eigenvalue weighted by molar-refractivity contribution is 5.77. The summed E-state index contributed by atoms with van der Waals surface area (Å²) in [6, 6.07) is 13.6. The molecule has 0 aliphatic carbocycles. The number of ether oxygens (including phenoxy) is 1. The molecule has 0 saturated heterocycles. The molecule has 2 rings (SSSR count). The van der Waals surface area contributed by atoms with Crippen LogP contribution in [-0.4, -0.2) is 17.7 Å². The lowest BCUT2D eigenvalue weighted by atomic mass is 9.90. The second-order valence-electron chi connectivity index (χ2n) is 5.89. The molecule has 0 aliphatic rings. The molecule has 0 aliphatic heterocycles. The molecule has 0 radical (unpaired) electrons. The Morgan fingerprint density at radius 1 is 1.13 bits per heavy atom. The first-order chi connectivity index (χ1) is 11.0. The van der Waals surface area contributed by atoms with Crippen LogP contribution in [0.4, 0.5) is 0 Å². The van der Waals surface area contributed by atoms with Crippen LogP contribution in [-0.2, 0) is 11.2 Å². The number of benzene rings is 2. The predicted octanol–water partition coefficient (Wildman–Crippen LogP) is 4.50. The highest BCUT2D eigenvalue weighted by Crippen LogP contribution is 2.28. The summed E-state index contributed by atoms with van der Waals surface area (Å²) in [6.45, 7) is 6.73. The third kappa shape index (κ3) is 4.35. The van der Waals surface area contributed by atoms with E-state index >= 15 is 0 Å². The molecule has 3 nitrogen and oxygen atoms in total. The molecule has 23 heavy (non-hydrogen) atoms. The van der Waals surface area contributed by atoms with Gasteiger partial charge in [-0.25, -0.2) is 0 Å². The van der Waals surface area contributed by atoms with Crippen LogP contribution in [0.25, 0.3) is 0 Å². The molecule has 122 valence electrons. The third-order valence-corrected chi connectivity index (χ3v) is 4.09. The molecule has 1 unspecified atom stereocenters. The molecule has 1 atom stereocenters. The Hall–Kier alpha value is -2.29. The van der Waals surface area contributed by atoms with Crippen molar-refractivity contribution in [3.63, 3.8) is 0 Å². The summed E-state index contributed by atoms with van der Waals surface area (Å²) in [7, 11) is 0. The van der Waals surface area contributed by atoms with Gasteiger partial charge in [0.15, 0.2) is 0 Å². The van der Waals surface area contributed by atoms with Crippen LogP contribution in [0.3, 0.4) is 0 Å². The lowest BCUT2D eigenvalue weighted by molar-refractivity contribution is -0.138. The van der Waals surface area contributed by atoms with Crippen molar-refractivity contribution < 1.29 is 14.6 Å². The Morgan fingerprint density at radius 3 is 2.52 bits per heavy atom. The molecule has 3 heteroatoms. The van der Waals surface area contributed by atoms with Gasteiger partial charge >= 0.3 is 5.97 Å². The Bertz CT molecular complexity index is 676. The molecule has 1 N–H and O–H groups in total. The fraction of sp³-hybridized carbons (Fsp3) is 0.350. The maximum atomic E-state index is 11.8. The Kier molecular flexibility index (Phi) is 5.80. The standard InChI is InChI=1S/C20H24O3/c1-4-11-23-19-8-6-5-7-17(19)13-18(20(21)22)16-10-9-14(2)15(3)12-16/h5-10,12,18H,4,11,13H2,1-3H3,(H,21,22). The molecule has 0 bridgehead atoms. The Labute approximate surface area is 137 Å². The Balaban J connectivity index is 2.30. The molecule has 0 saturated carbocycles. The molecule has 2 aromatic carbocycles. The van der Waals surface area contributed by atoms with Crippen molar-refractivity contribution in [3.8, 4) is 5.75 Å². The van der Waals surface area contributed by atoms with Crippen LogP contribution in [0.2, 0.25) is 0 Å². The van der Waals surface area contributed by atoms with E-state index in [-0.39, 0.29) is 0 Å². The van der Waals surface area contributed by atoms with Gasteiger partial charge in [0.05, 0.1) is 12.5 Å². The van der Waals surface area contributed by atoms with Crippen molar-refractivity contribution in [2.45, 2.75) is 39.5 Å². The number of para-hydroxylation sites is 1. The summed E-state index contributed by atoms with van der Waals surface area (Å²) in [5.74, 6) is -0.594. The van der Waals surface area contributed by atoms with Gasteiger partial charge < -0.3 is 9.84 Å². The van der Waals surface area contributed by atoms with Crippen LogP contribution in [0.15, 0.2) is 42.5 Å². The molecular weight excluding hydrogens is 288 g/mol. The fourth-order valence-corrected chi connectivity index (χ4v) is 2.57. The highest BCUT2D eigenvalue weighted by Gasteiger charge is 2.22. The highest BCUT2D eigenvalue weighted by atomic mass is 16.5. The zero-order chi connectivity index (χ0) is 16.8. The van der Waals surface area contributed by atoms with E-state index in [2.05, 4.69) is 6.92 Å². The van der Waals surface area contributed by atoms with Gasteiger partial charge in [0.2, 0.25) is 0 Å². The molecule has 0 fully saturated rings. The van der Waals surface area contributed by atoms with Crippen LogP contribution in [0.1, 0.15) is 41.5 Å². The van der Waals surface area contributed by atoms with Crippen molar-refractivity contribution in [3.05, 3.63) is 64.7 Å². The second kappa shape index (κ2) is 7.82. The number of hydrogen-bond donors (Lipinski definition) is 1. The van der Waals surface area contributed by atoms with Crippen molar-refractivity contribution in [1.29, 1.82) is 0 Å². The number of aryl methyl sites for hydroxylation is 2. The van der Waals surface area contributed by atoms with E-state index in [1.165, 1.54) is 5.56 Å². The predicted molar refractivity (Wildman–Crippen MR) is 92.2 cm³/mol. The van der Waals surface area contributed by atoms with Gasteiger partial charge in [-0.2, -0.15) is 0 Å². The summed E-state index contributed by atoms with van der Waals surface area (Å²) in [5, 5.41) is 9.67. The van der Waals surface area contributed by atoms with Gasteiger partial charge in [-0.05, 0) is 55.0 Å². The second-order valence-corrected chi connectivity index (χ2v) is 5.89. The van der Waals surface area contributed by atoms with Crippen molar-refractivity contribution >= 4 is 5.97 Å². The van der Waals surface area contributed by atoms with Gasteiger partial charge in [-0.15, -0.1) is 0 Å². The van der Waals surface area contributed by atoms with Gasteiger partial charge in [-0.3, -0.25) is 4.79 Å². The normalized spacial score (nSPS) is 12.0. The summed E-state index contributed by atoms with van der Waals surface area (Å²) >= 11 is 0. The van der Waals surface area contributed by atoms with Gasteiger partial charge in [0, 0.05) is 0 Å². The fourth-order valence-electron chi connectivity index (χ4n) is 2.57. The maximum Gasteiger partial charge on any atom is 0.311 e. The van der Waals surface area contributed by atoms with Crippen LogP contribution >= 0.6 is 0 Å². The zero-order valence-electron chi connectivity index (χ0n) is 14.0. The quantitative estimate of drug-likeness (QED) is 0.818. The first kappa shape index (κ1) is 17.1. The summed E-state index contributed by atoms with van der Waals surface area (Å²) < 4.78 is 5.75. The molecular formula is C20H24O3. The monoisotopic (exact) mass is 312 g/mol. The summed E-state index contributed by atoms with van der Waals surface area (Å²) in [4.78, 5) is 11.8. The van der Waals surface area contributed by atoms with Crippen LogP contribution in [0.5, 0.6) is 5.75 Å².